The second kappa shape index (κ2) is 3.71. The van der Waals surface area contributed by atoms with Gasteiger partial charge < -0.3 is 14.6 Å². The molecule has 4 fully saturated rings. The summed E-state index contributed by atoms with van der Waals surface area (Å²) in [7, 11) is 0. The molecule has 5 unspecified atom stereocenters. The molecule has 0 aromatic carbocycles. The molecule has 0 amide bonds. The summed E-state index contributed by atoms with van der Waals surface area (Å²) < 4.78 is 10.7. The predicted molar refractivity (Wildman–Crippen MR) is 60.2 cm³/mol. The molecule has 4 aliphatic rings. The van der Waals surface area contributed by atoms with Crippen LogP contribution in [0.2, 0.25) is 0 Å². The van der Waals surface area contributed by atoms with E-state index in [1.165, 1.54) is 5.57 Å². The van der Waals surface area contributed by atoms with Gasteiger partial charge >= 0.3 is 5.97 Å². The minimum atomic E-state index is -1.05. The number of ether oxygens (including phenoxy) is 2. The Morgan fingerprint density at radius 3 is 2.63 bits per heavy atom. The van der Waals surface area contributed by atoms with Gasteiger partial charge in [0.25, 0.3) is 0 Å². The van der Waals surface area contributed by atoms with Crippen molar-refractivity contribution < 1.29 is 29.5 Å². The molecule has 2 saturated carbocycles. The molecule has 5 atom stereocenters. The average molecular weight is 268 g/mol. The highest BCUT2D eigenvalue weighted by Crippen LogP contribution is 2.61. The Balaban J connectivity index is 1.73. The van der Waals surface area contributed by atoms with Gasteiger partial charge in [0.15, 0.2) is 0 Å². The van der Waals surface area contributed by atoms with Crippen LogP contribution in [-0.4, -0.2) is 28.9 Å². The van der Waals surface area contributed by atoms with Gasteiger partial charge in [-0.25, -0.2) is 5.26 Å². The summed E-state index contributed by atoms with van der Waals surface area (Å²) in [5, 5.41) is 18.7. The molecule has 2 bridgehead atoms. The maximum absolute atomic E-state index is 12.1. The second-order valence-electron chi connectivity index (χ2n) is 6.02. The number of rotatable bonds is 1. The molecule has 19 heavy (non-hydrogen) atoms. The van der Waals surface area contributed by atoms with Gasteiger partial charge in [-0.05, 0) is 31.3 Å². The van der Waals surface area contributed by atoms with Crippen molar-refractivity contribution in [1.29, 1.82) is 0 Å². The molecule has 0 radical (unpaired) electrons. The SMILES string of the molecule is O=C1OC(O)CC12CC1CC2C(OO)OC1=C1CC1. The van der Waals surface area contributed by atoms with E-state index in [-0.39, 0.29) is 24.2 Å². The van der Waals surface area contributed by atoms with Crippen molar-refractivity contribution in [2.75, 3.05) is 0 Å². The number of carbonyl (C=O) groups is 1. The van der Waals surface area contributed by atoms with Gasteiger partial charge in [0, 0.05) is 18.3 Å². The van der Waals surface area contributed by atoms with Gasteiger partial charge in [-0.2, -0.15) is 4.89 Å². The van der Waals surface area contributed by atoms with E-state index in [1.54, 1.807) is 0 Å². The third kappa shape index (κ3) is 1.50. The molecule has 104 valence electrons. The highest BCUT2D eigenvalue weighted by Gasteiger charge is 2.65. The Hall–Kier alpha value is -1.11. The number of aliphatic hydroxyl groups is 1. The number of allylic oxidation sites excluding steroid dienone is 2. The molecule has 1 spiro atoms. The Bertz CT molecular complexity index is 466. The highest BCUT2D eigenvalue weighted by atomic mass is 17.1. The lowest BCUT2D eigenvalue weighted by molar-refractivity contribution is -0.361. The molecule has 4 rings (SSSR count). The van der Waals surface area contributed by atoms with E-state index in [0.717, 1.165) is 25.0 Å². The van der Waals surface area contributed by atoms with Gasteiger partial charge in [0.05, 0.1) is 5.41 Å². The maximum atomic E-state index is 12.1. The summed E-state index contributed by atoms with van der Waals surface area (Å²) in [6.07, 6.45) is 1.78. The molecule has 2 saturated heterocycles. The van der Waals surface area contributed by atoms with Crippen LogP contribution in [0.5, 0.6) is 0 Å². The molecule has 2 aliphatic carbocycles. The van der Waals surface area contributed by atoms with Crippen LogP contribution in [0.15, 0.2) is 11.3 Å². The Morgan fingerprint density at radius 1 is 1.26 bits per heavy atom. The summed E-state index contributed by atoms with van der Waals surface area (Å²) in [5.41, 5.74) is 0.490. The van der Waals surface area contributed by atoms with Crippen LogP contribution in [0, 0.1) is 17.3 Å². The zero-order chi connectivity index (χ0) is 13.2. The van der Waals surface area contributed by atoms with E-state index in [9.17, 15) is 9.90 Å². The van der Waals surface area contributed by atoms with Gasteiger partial charge in [-0.3, -0.25) is 4.79 Å². The normalized spacial score (nSPS) is 47.6. The monoisotopic (exact) mass is 268 g/mol. The van der Waals surface area contributed by atoms with E-state index in [2.05, 4.69) is 4.89 Å². The number of carbonyl (C=O) groups excluding carboxylic acids is 1. The largest absolute Gasteiger partial charge is 0.466 e. The standard InChI is InChI=1S/C13H16O6/c14-9-5-13(12(15)17-9)4-7-3-8(13)11(19-16)18-10(7)6-1-2-6/h7-9,11,14,16H,1-5H2. The summed E-state index contributed by atoms with van der Waals surface area (Å²) in [4.78, 5) is 16.6. The van der Waals surface area contributed by atoms with Crippen LogP contribution in [0.4, 0.5) is 0 Å². The first kappa shape index (κ1) is 11.7. The molecular formula is C13H16O6. The second-order valence-corrected chi connectivity index (χ2v) is 6.02. The highest BCUT2D eigenvalue weighted by molar-refractivity contribution is 5.80. The van der Waals surface area contributed by atoms with Crippen LogP contribution in [-0.2, 0) is 19.2 Å². The lowest BCUT2D eigenvalue weighted by Gasteiger charge is -2.33. The first-order valence-electron chi connectivity index (χ1n) is 6.72. The van der Waals surface area contributed by atoms with Crippen LogP contribution >= 0.6 is 0 Å². The summed E-state index contributed by atoms with van der Waals surface area (Å²) in [6.45, 7) is 0. The Labute approximate surface area is 109 Å². The number of aliphatic hydroxyl groups excluding tert-OH is 1. The number of fused-ring (bicyclic) bond motifs is 3. The smallest absolute Gasteiger partial charge is 0.315 e. The topological polar surface area (TPSA) is 85.2 Å². The van der Waals surface area contributed by atoms with Crippen molar-refractivity contribution in [2.24, 2.45) is 17.3 Å². The van der Waals surface area contributed by atoms with Crippen LogP contribution in [0.1, 0.15) is 32.1 Å². The number of hydrogen-bond acceptors (Lipinski definition) is 6. The average Bonchev–Trinajstić information content (AvgIpc) is 3.11. The quantitative estimate of drug-likeness (QED) is 0.421. The third-order valence-corrected chi connectivity index (χ3v) is 4.94. The summed E-state index contributed by atoms with van der Waals surface area (Å²) >= 11 is 0. The first-order chi connectivity index (χ1) is 9.14. The third-order valence-electron chi connectivity index (χ3n) is 4.94. The number of esters is 1. The maximum Gasteiger partial charge on any atom is 0.315 e. The summed E-state index contributed by atoms with van der Waals surface area (Å²) in [5.74, 6) is 0.434. The molecular weight excluding hydrogens is 252 g/mol. The molecule has 0 aromatic heterocycles. The Kier molecular flexibility index (Phi) is 2.29. The Morgan fingerprint density at radius 2 is 2.05 bits per heavy atom. The van der Waals surface area contributed by atoms with Crippen molar-refractivity contribution in [2.45, 2.75) is 44.7 Å². The van der Waals surface area contributed by atoms with Gasteiger partial charge in [0.1, 0.15) is 5.76 Å². The zero-order valence-electron chi connectivity index (χ0n) is 10.4. The van der Waals surface area contributed by atoms with Crippen LogP contribution in [0.25, 0.3) is 0 Å². The van der Waals surface area contributed by atoms with Crippen molar-refractivity contribution in [3.05, 3.63) is 11.3 Å². The molecule has 2 heterocycles. The van der Waals surface area contributed by atoms with Crippen LogP contribution < -0.4 is 0 Å². The predicted octanol–water partition coefficient (Wildman–Crippen LogP) is 1.16. The molecule has 6 nitrogen and oxygen atoms in total. The number of hydrogen-bond donors (Lipinski definition) is 2. The van der Waals surface area contributed by atoms with E-state index in [4.69, 9.17) is 14.7 Å². The van der Waals surface area contributed by atoms with E-state index < -0.39 is 18.0 Å². The van der Waals surface area contributed by atoms with Crippen molar-refractivity contribution in [1.82, 2.24) is 0 Å². The lowest BCUT2D eigenvalue weighted by atomic mass is 9.76. The molecule has 2 N–H and O–H groups in total. The summed E-state index contributed by atoms with van der Waals surface area (Å²) in [6, 6.07) is 0. The van der Waals surface area contributed by atoms with Gasteiger partial charge in [-0.1, -0.05) is 0 Å². The minimum Gasteiger partial charge on any atom is -0.466 e. The fourth-order valence-electron chi connectivity index (χ4n) is 4.00. The molecule has 0 aromatic rings. The van der Waals surface area contributed by atoms with Crippen LogP contribution in [0.3, 0.4) is 0 Å². The van der Waals surface area contributed by atoms with E-state index in [0.29, 0.717) is 6.42 Å². The zero-order valence-corrected chi connectivity index (χ0v) is 10.4. The van der Waals surface area contributed by atoms with Gasteiger partial charge in [-0.15, -0.1) is 0 Å². The van der Waals surface area contributed by atoms with Crippen molar-refractivity contribution >= 4 is 5.97 Å². The van der Waals surface area contributed by atoms with Gasteiger partial charge in [0.2, 0.25) is 12.6 Å². The fourth-order valence-corrected chi connectivity index (χ4v) is 4.00. The van der Waals surface area contributed by atoms with Crippen molar-refractivity contribution in [3.8, 4) is 0 Å². The van der Waals surface area contributed by atoms with E-state index >= 15 is 0 Å². The molecule has 2 aliphatic heterocycles. The first-order valence-corrected chi connectivity index (χ1v) is 6.72. The lowest BCUT2D eigenvalue weighted by Crippen LogP contribution is -2.40. The fraction of sp³-hybridized carbons (Fsp3) is 0.769. The molecule has 6 heteroatoms. The van der Waals surface area contributed by atoms with E-state index in [1.807, 2.05) is 0 Å². The minimum absolute atomic E-state index is 0.187. The van der Waals surface area contributed by atoms with Crippen molar-refractivity contribution in [3.63, 3.8) is 0 Å². The number of cyclic esters (lactones) is 1.